The summed E-state index contributed by atoms with van der Waals surface area (Å²) in [5.41, 5.74) is 0.572. The normalized spacial score (nSPS) is 15.2. The molecular formula is C17H23N3O3. The van der Waals surface area contributed by atoms with Crippen LogP contribution in [0.4, 0.5) is 0 Å². The Hall–Kier alpha value is -2.10. The Bertz CT molecular complexity index is 533. The van der Waals surface area contributed by atoms with Crippen LogP contribution in [-0.2, 0) is 4.79 Å². The fraction of sp³-hybridized carbons (Fsp3) is 0.529. The summed E-state index contributed by atoms with van der Waals surface area (Å²) in [4.78, 5) is 13.7. The summed E-state index contributed by atoms with van der Waals surface area (Å²) in [6.07, 6.45) is 2.02. The molecule has 0 aliphatic carbocycles. The van der Waals surface area contributed by atoms with Gasteiger partial charge in [-0.25, -0.2) is 0 Å². The lowest BCUT2D eigenvalue weighted by Gasteiger charge is -2.16. The third-order valence-corrected chi connectivity index (χ3v) is 3.78. The van der Waals surface area contributed by atoms with Gasteiger partial charge in [-0.3, -0.25) is 4.79 Å². The van der Waals surface area contributed by atoms with Crippen molar-refractivity contribution in [2.24, 2.45) is 0 Å². The zero-order chi connectivity index (χ0) is 16.5. The number of nitriles is 1. The van der Waals surface area contributed by atoms with Gasteiger partial charge in [0.2, 0.25) is 5.91 Å². The Labute approximate surface area is 136 Å². The standard InChI is InChI=1S/C17H23N3O3/c18-11-14-3-5-16(6-4-14)23-13-15(21)12-19-8-7-17(22)20-9-1-2-10-20/h3-6,15,19,21H,1-2,7-10,12-13H2/t15-/m1/s1. The predicted molar refractivity (Wildman–Crippen MR) is 86.0 cm³/mol. The van der Waals surface area contributed by atoms with Gasteiger partial charge in [-0.2, -0.15) is 5.26 Å². The summed E-state index contributed by atoms with van der Waals surface area (Å²) >= 11 is 0. The van der Waals surface area contributed by atoms with Crippen molar-refractivity contribution in [1.82, 2.24) is 10.2 Å². The molecule has 1 aromatic carbocycles. The molecule has 0 saturated carbocycles. The van der Waals surface area contributed by atoms with Gasteiger partial charge in [0, 0.05) is 32.6 Å². The van der Waals surface area contributed by atoms with Gasteiger partial charge in [0.1, 0.15) is 18.5 Å². The number of carbonyl (C=O) groups excluding carboxylic acids is 1. The van der Waals surface area contributed by atoms with Crippen LogP contribution >= 0.6 is 0 Å². The number of amides is 1. The lowest BCUT2D eigenvalue weighted by Crippen LogP contribution is -2.35. The molecular weight excluding hydrogens is 294 g/mol. The molecule has 1 aromatic rings. The Kier molecular flexibility index (Phi) is 6.85. The van der Waals surface area contributed by atoms with E-state index in [1.165, 1.54) is 0 Å². The van der Waals surface area contributed by atoms with Crippen molar-refractivity contribution in [3.05, 3.63) is 29.8 Å². The van der Waals surface area contributed by atoms with Gasteiger partial charge in [-0.05, 0) is 37.1 Å². The van der Waals surface area contributed by atoms with Gasteiger partial charge in [0.15, 0.2) is 0 Å². The molecule has 6 heteroatoms. The minimum atomic E-state index is -0.646. The highest BCUT2D eigenvalue weighted by molar-refractivity contribution is 5.76. The van der Waals surface area contributed by atoms with E-state index in [-0.39, 0.29) is 12.5 Å². The average Bonchev–Trinajstić information content (AvgIpc) is 3.12. The Morgan fingerprint density at radius 2 is 2.04 bits per heavy atom. The molecule has 0 unspecified atom stereocenters. The lowest BCUT2D eigenvalue weighted by atomic mass is 10.2. The van der Waals surface area contributed by atoms with Gasteiger partial charge in [-0.15, -0.1) is 0 Å². The number of hydrogen-bond donors (Lipinski definition) is 2. The molecule has 1 aliphatic rings. The average molecular weight is 317 g/mol. The Balaban J connectivity index is 1.56. The molecule has 1 heterocycles. The van der Waals surface area contributed by atoms with E-state index in [9.17, 15) is 9.90 Å². The number of likely N-dealkylation sites (tertiary alicyclic amines) is 1. The highest BCUT2D eigenvalue weighted by atomic mass is 16.5. The number of carbonyl (C=O) groups is 1. The summed E-state index contributed by atoms with van der Waals surface area (Å²) < 4.78 is 5.45. The molecule has 0 bridgehead atoms. The third kappa shape index (κ3) is 5.89. The van der Waals surface area contributed by atoms with E-state index in [0.29, 0.717) is 30.8 Å². The topological polar surface area (TPSA) is 85.6 Å². The Morgan fingerprint density at radius 3 is 2.70 bits per heavy atom. The van der Waals surface area contributed by atoms with Gasteiger partial charge >= 0.3 is 0 Å². The molecule has 2 N–H and O–H groups in total. The molecule has 23 heavy (non-hydrogen) atoms. The van der Waals surface area contributed by atoms with Crippen LogP contribution in [0.25, 0.3) is 0 Å². The number of hydrogen-bond acceptors (Lipinski definition) is 5. The number of nitrogens with zero attached hydrogens (tertiary/aromatic N) is 2. The number of aliphatic hydroxyl groups is 1. The molecule has 1 saturated heterocycles. The van der Waals surface area contributed by atoms with E-state index in [1.807, 2.05) is 11.0 Å². The van der Waals surface area contributed by atoms with E-state index in [0.717, 1.165) is 25.9 Å². The molecule has 6 nitrogen and oxygen atoms in total. The maximum Gasteiger partial charge on any atom is 0.223 e. The van der Waals surface area contributed by atoms with Gasteiger partial charge in [0.05, 0.1) is 11.6 Å². The van der Waals surface area contributed by atoms with Crippen molar-refractivity contribution in [3.63, 3.8) is 0 Å². The number of nitrogens with one attached hydrogen (secondary N) is 1. The van der Waals surface area contributed by atoms with Crippen molar-refractivity contribution >= 4 is 5.91 Å². The number of rotatable bonds is 8. The highest BCUT2D eigenvalue weighted by Crippen LogP contribution is 2.11. The first-order valence-electron chi connectivity index (χ1n) is 7.98. The molecule has 1 amide bonds. The quantitative estimate of drug-likeness (QED) is 0.696. The van der Waals surface area contributed by atoms with Crippen molar-refractivity contribution < 1.29 is 14.6 Å². The molecule has 124 valence electrons. The van der Waals surface area contributed by atoms with Crippen LogP contribution in [0.1, 0.15) is 24.8 Å². The first kappa shape index (κ1) is 17.3. The third-order valence-electron chi connectivity index (χ3n) is 3.78. The first-order chi connectivity index (χ1) is 11.2. The fourth-order valence-electron chi connectivity index (χ4n) is 2.47. The summed E-state index contributed by atoms with van der Waals surface area (Å²) in [6.45, 7) is 2.85. The number of ether oxygens (including phenoxy) is 1. The Morgan fingerprint density at radius 1 is 1.35 bits per heavy atom. The van der Waals surface area contributed by atoms with E-state index < -0.39 is 6.10 Å². The van der Waals surface area contributed by atoms with Crippen LogP contribution < -0.4 is 10.1 Å². The van der Waals surface area contributed by atoms with Crippen LogP contribution in [0.5, 0.6) is 5.75 Å². The second-order valence-corrected chi connectivity index (χ2v) is 5.64. The second kappa shape index (κ2) is 9.13. The van der Waals surface area contributed by atoms with Crippen molar-refractivity contribution in [2.45, 2.75) is 25.4 Å². The summed E-state index contributed by atoms with van der Waals surface area (Å²) in [7, 11) is 0. The monoisotopic (exact) mass is 317 g/mol. The molecule has 0 radical (unpaired) electrons. The van der Waals surface area contributed by atoms with Crippen molar-refractivity contribution in [2.75, 3.05) is 32.8 Å². The highest BCUT2D eigenvalue weighted by Gasteiger charge is 2.17. The molecule has 0 aromatic heterocycles. The van der Waals surface area contributed by atoms with Crippen LogP contribution in [-0.4, -0.2) is 54.8 Å². The summed E-state index contributed by atoms with van der Waals surface area (Å²) in [5, 5.41) is 21.6. The predicted octanol–water partition coefficient (Wildman–Crippen LogP) is 0.900. The van der Waals surface area contributed by atoms with E-state index in [4.69, 9.17) is 10.00 Å². The first-order valence-corrected chi connectivity index (χ1v) is 7.98. The van der Waals surface area contributed by atoms with Crippen LogP contribution in [0.2, 0.25) is 0 Å². The van der Waals surface area contributed by atoms with Gasteiger partial charge in [-0.1, -0.05) is 0 Å². The SMILES string of the molecule is N#Cc1ccc(OC[C@H](O)CNCCC(=O)N2CCCC2)cc1. The zero-order valence-electron chi connectivity index (χ0n) is 13.2. The van der Waals surface area contributed by atoms with Crippen LogP contribution in [0.15, 0.2) is 24.3 Å². The van der Waals surface area contributed by atoms with Gasteiger partial charge < -0.3 is 20.1 Å². The zero-order valence-corrected chi connectivity index (χ0v) is 13.2. The number of benzene rings is 1. The minimum Gasteiger partial charge on any atom is -0.491 e. The molecule has 1 atom stereocenters. The maximum absolute atomic E-state index is 11.8. The number of aliphatic hydroxyl groups excluding tert-OH is 1. The summed E-state index contributed by atoms with van der Waals surface area (Å²) in [5.74, 6) is 0.797. The van der Waals surface area contributed by atoms with Gasteiger partial charge in [0.25, 0.3) is 0 Å². The smallest absolute Gasteiger partial charge is 0.223 e. The van der Waals surface area contributed by atoms with Crippen LogP contribution in [0.3, 0.4) is 0 Å². The summed E-state index contributed by atoms with van der Waals surface area (Å²) in [6, 6.07) is 8.78. The second-order valence-electron chi connectivity index (χ2n) is 5.64. The van der Waals surface area contributed by atoms with Crippen molar-refractivity contribution in [1.29, 1.82) is 5.26 Å². The largest absolute Gasteiger partial charge is 0.491 e. The van der Waals surface area contributed by atoms with E-state index >= 15 is 0 Å². The maximum atomic E-state index is 11.8. The molecule has 1 fully saturated rings. The van der Waals surface area contributed by atoms with E-state index in [2.05, 4.69) is 5.32 Å². The fourth-order valence-corrected chi connectivity index (χ4v) is 2.47. The molecule has 0 spiro atoms. The van der Waals surface area contributed by atoms with Crippen LogP contribution in [0, 0.1) is 11.3 Å². The lowest BCUT2D eigenvalue weighted by molar-refractivity contribution is -0.130. The minimum absolute atomic E-state index is 0.166. The van der Waals surface area contributed by atoms with Crippen molar-refractivity contribution in [3.8, 4) is 11.8 Å². The molecule has 1 aliphatic heterocycles. The van der Waals surface area contributed by atoms with E-state index in [1.54, 1.807) is 24.3 Å². The molecule has 2 rings (SSSR count).